The van der Waals surface area contributed by atoms with Crippen LogP contribution in [-0.4, -0.2) is 17.6 Å². The molecule has 0 radical (unpaired) electrons. The first-order valence-corrected chi connectivity index (χ1v) is 9.08. The van der Waals surface area contributed by atoms with Crippen LogP contribution < -0.4 is 16.4 Å². The second kappa shape index (κ2) is 8.39. The first-order valence-electron chi connectivity index (χ1n) is 9.08. The number of nitrogens with two attached hydrogens (primary N) is 1. The van der Waals surface area contributed by atoms with Crippen molar-refractivity contribution in [2.75, 3.05) is 10.6 Å². The average Bonchev–Trinajstić information content (AvgIpc) is 2.67. The Bertz CT molecular complexity index is 1090. The van der Waals surface area contributed by atoms with Gasteiger partial charge in [0, 0.05) is 36.3 Å². The average molecular weight is 386 g/mol. The van der Waals surface area contributed by atoms with Gasteiger partial charge in [-0.15, -0.1) is 0 Å². The van der Waals surface area contributed by atoms with E-state index in [1.54, 1.807) is 6.07 Å². The van der Waals surface area contributed by atoms with E-state index >= 15 is 0 Å². The van der Waals surface area contributed by atoms with Gasteiger partial charge in [0.2, 0.25) is 11.8 Å². The molecule has 0 aliphatic carbocycles. The molecule has 3 aromatic carbocycles. The number of benzene rings is 3. The number of hydrogen-bond acceptors (Lipinski definition) is 3. The van der Waals surface area contributed by atoms with E-state index in [0.717, 1.165) is 22.3 Å². The zero-order valence-corrected chi connectivity index (χ0v) is 16.2. The Labute approximate surface area is 169 Å². The predicted molar refractivity (Wildman–Crippen MR) is 117 cm³/mol. The number of nitrogen functional groups attached to an aromatic ring is 1. The van der Waals surface area contributed by atoms with Gasteiger partial charge in [-0.05, 0) is 41.0 Å². The van der Waals surface area contributed by atoms with Crippen LogP contribution in [0.1, 0.15) is 19.4 Å². The fourth-order valence-corrected chi connectivity index (χ4v) is 3.22. The summed E-state index contributed by atoms with van der Waals surface area (Å²) in [5.41, 5.74) is 11.3. The van der Waals surface area contributed by atoms with Gasteiger partial charge < -0.3 is 16.4 Å². The number of amidine groups is 1. The molecule has 2 amide bonds. The largest absolute Gasteiger partial charge is 0.384 e. The highest BCUT2D eigenvalue weighted by Gasteiger charge is 2.15. The maximum atomic E-state index is 11.4. The van der Waals surface area contributed by atoms with Gasteiger partial charge in [-0.3, -0.25) is 15.0 Å². The van der Waals surface area contributed by atoms with Crippen molar-refractivity contribution in [3.63, 3.8) is 0 Å². The van der Waals surface area contributed by atoms with Crippen molar-refractivity contribution in [3.8, 4) is 22.3 Å². The van der Waals surface area contributed by atoms with E-state index in [1.807, 2.05) is 60.7 Å². The van der Waals surface area contributed by atoms with E-state index in [4.69, 9.17) is 11.1 Å². The van der Waals surface area contributed by atoms with Gasteiger partial charge in [0.05, 0.1) is 0 Å². The van der Waals surface area contributed by atoms with Gasteiger partial charge in [0.25, 0.3) is 0 Å². The fourth-order valence-electron chi connectivity index (χ4n) is 3.22. The molecule has 0 unspecified atom stereocenters. The van der Waals surface area contributed by atoms with Gasteiger partial charge in [-0.1, -0.05) is 42.5 Å². The summed E-state index contributed by atoms with van der Waals surface area (Å²) in [5, 5.41) is 13.6. The highest BCUT2D eigenvalue weighted by atomic mass is 16.2. The van der Waals surface area contributed by atoms with Crippen LogP contribution in [0.25, 0.3) is 22.3 Å². The molecule has 0 aromatic heterocycles. The van der Waals surface area contributed by atoms with Gasteiger partial charge >= 0.3 is 0 Å². The molecule has 0 atom stereocenters. The molecule has 0 heterocycles. The van der Waals surface area contributed by atoms with Crippen molar-refractivity contribution in [3.05, 3.63) is 72.3 Å². The van der Waals surface area contributed by atoms with Crippen molar-refractivity contribution in [2.24, 2.45) is 5.73 Å². The minimum absolute atomic E-state index is 0.0363. The molecule has 0 saturated heterocycles. The number of carbonyl (C=O) groups is 2. The van der Waals surface area contributed by atoms with Crippen molar-refractivity contribution in [1.82, 2.24) is 0 Å². The Hall–Kier alpha value is -3.93. The minimum Gasteiger partial charge on any atom is -0.384 e. The maximum Gasteiger partial charge on any atom is 0.221 e. The number of nitrogens with one attached hydrogen (secondary N) is 3. The lowest BCUT2D eigenvalue weighted by Crippen LogP contribution is -2.13. The number of carbonyl (C=O) groups excluding carboxylic acids is 2. The first-order chi connectivity index (χ1) is 13.8. The molecule has 0 aliphatic rings. The second-order valence-corrected chi connectivity index (χ2v) is 6.66. The molecule has 6 heteroatoms. The van der Waals surface area contributed by atoms with Crippen LogP contribution in [0.3, 0.4) is 0 Å². The van der Waals surface area contributed by atoms with Gasteiger partial charge in [-0.2, -0.15) is 0 Å². The summed E-state index contributed by atoms with van der Waals surface area (Å²) in [4.78, 5) is 22.7. The highest BCUT2D eigenvalue weighted by molar-refractivity contribution is 6.05. The molecular formula is C23H22N4O2. The summed E-state index contributed by atoms with van der Waals surface area (Å²) < 4.78 is 0. The number of anilines is 2. The van der Waals surface area contributed by atoms with E-state index in [9.17, 15) is 9.59 Å². The molecule has 146 valence electrons. The topological polar surface area (TPSA) is 108 Å². The molecule has 3 rings (SSSR count). The summed E-state index contributed by atoms with van der Waals surface area (Å²) in [6.45, 7) is 2.92. The molecule has 0 saturated carbocycles. The normalized spacial score (nSPS) is 10.3. The Morgan fingerprint density at radius 1 is 0.793 bits per heavy atom. The van der Waals surface area contributed by atoms with Crippen LogP contribution in [0, 0.1) is 5.41 Å². The molecule has 3 aromatic rings. The Morgan fingerprint density at radius 2 is 1.41 bits per heavy atom. The number of rotatable bonds is 5. The zero-order valence-electron chi connectivity index (χ0n) is 16.2. The zero-order chi connectivity index (χ0) is 21.0. The van der Waals surface area contributed by atoms with Crippen LogP contribution in [0.2, 0.25) is 0 Å². The smallest absolute Gasteiger partial charge is 0.221 e. The predicted octanol–water partition coefficient (Wildman–Crippen LogP) is 4.22. The van der Waals surface area contributed by atoms with Crippen LogP contribution in [0.15, 0.2) is 66.7 Å². The third-order valence-corrected chi connectivity index (χ3v) is 4.34. The van der Waals surface area contributed by atoms with Crippen LogP contribution in [-0.2, 0) is 9.59 Å². The van der Waals surface area contributed by atoms with E-state index in [-0.39, 0.29) is 17.6 Å². The maximum absolute atomic E-state index is 11.4. The van der Waals surface area contributed by atoms with Crippen LogP contribution in [0.5, 0.6) is 0 Å². The number of hydrogen-bond donors (Lipinski definition) is 4. The van der Waals surface area contributed by atoms with E-state index in [2.05, 4.69) is 10.6 Å². The third-order valence-electron chi connectivity index (χ3n) is 4.34. The molecule has 0 fully saturated rings. The summed E-state index contributed by atoms with van der Waals surface area (Å²) in [6.07, 6.45) is 0. The third kappa shape index (κ3) is 4.68. The first kappa shape index (κ1) is 19.8. The molecule has 0 aliphatic heterocycles. The molecule has 6 nitrogen and oxygen atoms in total. The lowest BCUT2D eigenvalue weighted by molar-refractivity contribution is -0.115. The second-order valence-electron chi connectivity index (χ2n) is 6.66. The van der Waals surface area contributed by atoms with Crippen LogP contribution in [0.4, 0.5) is 11.4 Å². The Morgan fingerprint density at radius 3 is 2.03 bits per heavy atom. The molecule has 5 N–H and O–H groups in total. The van der Waals surface area contributed by atoms with Crippen molar-refractivity contribution in [1.29, 1.82) is 5.41 Å². The van der Waals surface area contributed by atoms with Crippen molar-refractivity contribution >= 4 is 29.0 Å². The minimum atomic E-state index is -0.145. The molecule has 29 heavy (non-hydrogen) atoms. The van der Waals surface area contributed by atoms with Gasteiger partial charge in [0.1, 0.15) is 5.84 Å². The standard InChI is InChI=1S/C23H22N4O2/c1-14(28)26-18-11-9-16(10-12-18)22-20(7-4-8-21(22)23(24)25)17-5-3-6-19(13-17)27-15(2)29/h3-13H,1-2H3,(H3,24,25)(H,26,28)(H,27,29). The summed E-state index contributed by atoms with van der Waals surface area (Å²) in [5.74, 6) is -0.323. The Balaban J connectivity index is 2.15. The molecular weight excluding hydrogens is 364 g/mol. The van der Waals surface area contributed by atoms with E-state index in [0.29, 0.717) is 16.9 Å². The number of amides is 2. The van der Waals surface area contributed by atoms with Gasteiger partial charge in [0.15, 0.2) is 0 Å². The highest BCUT2D eigenvalue weighted by Crippen LogP contribution is 2.36. The van der Waals surface area contributed by atoms with E-state index in [1.165, 1.54) is 13.8 Å². The van der Waals surface area contributed by atoms with Crippen molar-refractivity contribution in [2.45, 2.75) is 13.8 Å². The van der Waals surface area contributed by atoms with Crippen molar-refractivity contribution < 1.29 is 9.59 Å². The monoisotopic (exact) mass is 386 g/mol. The lowest BCUT2D eigenvalue weighted by Gasteiger charge is -2.16. The lowest BCUT2D eigenvalue weighted by atomic mass is 9.90. The van der Waals surface area contributed by atoms with E-state index < -0.39 is 0 Å². The summed E-state index contributed by atoms with van der Waals surface area (Å²) in [7, 11) is 0. The quantitative estimate of drug-likeness (QED) is 0.389. The summed E-state index contributed by atoms with van der Waals surface area (Å²) >= 11 is 0. The van der Waals surface area contributed by atoms with Gasteiger partial charge in [-0.25, -0.2) is 0 Å². The molecule has 0 spiro atoms. The molecule has 0 bridgehead atoms. The SMILES string of the molecule is CC(=O)Nc1ccc(-c2c(C(=N)N)cccc2-c2cccc(NC(C)=O)c2)cc1. The Kier molecular flexibility index (Phi) is 5.74. The summed E-state index contributed by atoms with van der Waals surface area (Å²) in [6, 6.07) is 20.5. The fraction of sp³-hybridized carbons (Fsp3) is 0.0870. The van der Waals surface area contributed by atoms with Crippen LogP contribution >= 0.6 is 0 Å².